The molecule has 0 fully saturated rings. The Morgan fingerprint density at radius 2 is 1.94 bits per heavy atom. The lowest BCUT2D eigenvalue weighted by atomic mass is 9.90. The Bertz CT molecular complexity index is 364. The van der Waals surface area contributed by atoms with Gasteiger partial charge in [-0.2, -0.15) is 0 Å². The highest BCUT2D eigenvalue weighted by molar-refractivity contribution is 5.19. The van der Waals surface area contributed by atoms with E-state index >= 15 is 0 Å². The van der Waals surface area contributed by atoms with E-state index in [0.29, 0.717) is 23.8 Å². The van der Waals surface area contributed by atoms with Crippen LogP contribution in [0.4, 0.5) is 8.78 Å². The van der Waals surface area contributed by atoms with Crippen molar-refractivity contribution in [2.75, 3.05) is 13.1 Å². The molecule has 0 aliphatic heterocycles. The molecule has 0 spiro atoms. The predicted octanol–water partition coefficient (Wildman–Crippen LogP) is 3.78. The predicted molar refractivity (Wildman–Crippen MR) is 71.6 cm³/mol. The van der Waals surface area contributed by atoms with Crippen LogP contribution in [0.1, 0.15) is 32.8 Å². The maximum atomic E-state index is 13.6. The standard InChI is InChI=1S/C15H23F2N/c1-4-18-10-12(7-11(2)3)8-13-5-6-14(16)9-15(13)17/h5-6,9,11-12,18H,4,7-8,10H2,1-3H3. The molecular weight excluding hydrogens is 232 g/mol. The van der Waals surface area contributed by atoms with Gasteiger partial charge in [0.05, 0.1) is 0 Å². The van der Waals surface area contributed by atoms with Gasteiger partial charge in [0.15, 0.2) is 0 Å². The van der Waals surface area contributed by atoms with E-state index in [1.807, 2.05) is 0 Å². The van der Waals surface area contributed by atoms with E-state index in [1.54, 1.807) is 6.07 Å². The summed E-state index contributed by atoms with van der Waals surface area (Å²) in [5.74, 6) is 0.0330. The van der Waals surface area contributed by atoms with Crippen LogP contribution < -0.4 is 5.32 Å². The molecule has 0 aliphatic rings. The highest BCUT2D eigenvalue weighted by Crippen LogP contribution is 2.19. The van der Waals surface area contributed by atoms with Gasteiger partial charge in [0.2, 0.25) is 0 Å². The Hall–Kier alpha value is -0.960. The summed E-state index contributed by atoms with van der Waals surface area (Å²) in [6, 6.07) is 3.86. The molecule has 102 valence electrons. The molecule has 0 saturated carbocycles. The van der Waals surface area contributed by atoms with Crippen LogP contribution in [0, 0.1) is 23.5 Å². The molecule has 0 bridgehead atoms. The third-order valence-corrected chi connectivity index (χ3v) is 3.01. The molecule has 18 heavy (non-hydrogen) atoms. The highest BCUT2D eigenvalue weighted by Gasteiger charge is 2.14. The van der Waals surface area contributed by atoms with E-state index in [2.05, 4.69) is 26.1 Å². The van der Waals surface area contributed by atoms with Crippen molar-refractivity contribution >= 4 is 0 Å². The minimum absolute atomic E-state index is 0.393. The van der Waals surface area contributed by atoms with Crippen molar-refractivity contribution in [1.82, 2.24) is 5.32 Å². The fourth-order valence-corrected chi connectivity index (χ4v) is 2.25. The molecule has 0 heterocycles. The van der Waals surface area contributed by atoms with Crippen molar-refractivity contribution in [3.63, 3.8) is 0 Å². The fraction of sp³-hybridized carbons (Fsp3) is 0.600. The number of halogens is 2. The van der Waals surface area contributed by atoms with Crippen LogP contribution in [0.25, 0.3) is 0 Å². The largest absolute Gasteiger partial charge is 0.317 e. The number of hydrogen-bond donors (Lipinski definition) is 1. The van der Waals surface area contributed by atoms with Gasteiger partial charge in [-0.05, 0) is 49.4 Å². The van der Waals surface area contributed by atoms with Crippen molar-refractivity contribution in [3.8, 4) is 0 Å². The second-order valence-corrected chi connectivity index (χ2v) is 5.24. The summed E-state index contributed by atoms with van der Waals surface area (Å²) in [7, 11) is 0. The molecule has 0 aliphatic carbocycles. The SMILES string of the molecule is CCNCC(Cc1ccc(F)cc1F)CC(C)C. The monoisotopic (exact) mass is 255 g/mol. The van der Waals surface area contributed by atoms with Crippen molar-refractivity contribution in [2.45, 2.75) is 33.6 Å². The summed E-state index contributed by atoms with van der Waals surface area (Å²) in [5.41, 5.74) is 0.611. The zero-order valence-electron chi connectivity index (χ0n) is 11.5. The van der Waals surface area contributed by atoms with Gasteiger partial charge in [-0.1, -0.05) is 26.8 Å². The molecule has 1 rings (SSSR count). The number of hydrogen-bond acceptors (Lipinski definition) is 1. The van der Waals surface area contributed by atoms with Gasteiger partial charge in [-0.15, -0.1) is 0 Å². The molecule has 1 unspecified atom stereocenters. The molecule has 0 aromatic heterocycles. The van der Waals surface area contributed by atoms with Gasteiger partial charge in [-0.3, -0.25) is 0 Å². The summed E-state index contributed by atoms with van der Waals surface area (Å²) in [6.45, 7) is 8.19. The number of rotatable bonds is 7. The van der Waals surface area contributed by atoms with E-state index in [4.69, 9.17) is 0 Å². The first-order chi connectivity index (χ1) is 8.52. The summed E-state index contributed by atoms with van der Waals surface area (Å²) < 4.78 is 26.5. The Balaban J connectivity index is 2.68. The van der Waals surface area contributed by atoms with Crippen LogP contribution in [0.5, 0.6) is 0 Å². The van der Waals surface area contributed by atoms with Gasteiger partial charge in [0.25, 0.3) is 0 Å². The normalized spacial score (nSPS) is 13.0. The van der Waals surface area contributed by atoms with Crippen LogP contribution in [-0.4, -0.2) is 13.1 Å². The molecule has 1 N–H and O–H groups in total. The van der Waals surface area contributed by atoms with Crippen LogP contribution >= 0.6 is 0 Å². The summed E-state index contributed by atoms with van der Waals surface area (Å²) >= 11 is 0. The summed E-state index contributed by atoms with van der Waals surface area (Å²) in [6.07, 6.45) is 1.71. The minimum Gasteiger partial charge on any atom is -0.317 e. The lowest BCUT2D eigenvalue weighted by Gasteiger charge is -2.19. The molecule has 0 saturated heterocycles. The first-order valence-electron chi connectivity index (χ1n) is 6.67. The molecular formula is C15H23F2N. The molecule has 1 aromatic carbocycles. The van der Waals surface area contributed by atoms with Gasteiger partial charge >= 0.3 is 0 Å². The summed E-state index contributed by atoms with van der Waals surface area (Å²) in [5, 5.41) is 3.31. The van der Waals surface area contributed by atoms with Crippen molar-refractivity contribution in [3.05, 3.63) is 35.4 Å². The Labute approximate surface area is 109 Å². The van der Waals surface area contributed by atoms with Crippen LogP contribution in [-0.2, 0) is 6.42 Å². The van der Waals surface area contributed by atoms with Crippen molar-refractivity contribution in [2.24, 2.45) is 11.8 Å². The van der Waals surface area contributed by atoms with Gasteiger partial charge in [0, 0.05) is 6.07 Å². The minimum atomic E-state index is -0.511. The van der Waals surface area contributed by atoms with Crippen LogP contribution in [0.15, 0.2) is 18.2 Å². The molecule has 0 radical (unpaired) electrons. The van der Waals surface area contributed by atoms with Crippen molar-refractivity contribution < 1.29 is 8.78 Å². The van der Waals surface area contributed by atoms with Gasteiger partial charge in [0.1, 0.15) is 11.6 Å². The van der Waals surface area contributed by atoms with Crippen LogP contribution in [0.2, 0.25) is 0 Å². The van der Waals surface area contributed by atoms with E-state index < -0.39 is 11.6 Å². The molecule has 1 atom stereocenters. The number of nitrogens with one attached hydrogen (secondary N) is 1. The van der Waals surface area contributed by atoms with E-state index in [-0.39, 0.29) is 0 Å². The quantitative estimate of drug-likeness (QED) is 0.782. The molecule has 0 amide bonds. The third-order valence-electron chi connectivity index (χ3n) is 3.01. The lowest BCUT2D eigenvalue weighted by molar-refractivity contribution is 0.383. The van der Waals surface area contributed by atoms with Gasteiger partial charge in [-0.25, -0.2) is 8.78 Å². The van der Waals surface area contributed by atoms with Gasteiger partial charge < -0.3 is 5.32 Å². The Kier molecular flexibility index (Phi) is 6.27. The maximum Gasteiger partial charge on any atom is 0.129 e. The Morgan fingerprint density at radius 1 is 1.22 bits per heavy atom. The van der Waals surface area contributed by atoms with E-state index in [0.717, 1.165) is 25.6 Å². The van der Waals surface area contributed by atoms with Crippen molar-refractivity contribution in [1.29, 1.82) is 0 Å². The third kappa shape index (κ3) is 5.13. The zero-order chi connectivity index (χ0) is 13.5. The molecule has 1 aromatic rings. The summed E-state index contributed by atoms with van der Waals surface area (Å²) in [4.78, 5) is 0. The fourth-order valence-electron chi connectivity index (χ4n) is 2.25. The van der Waals surface area contributed by atoms with Crippen LogP contribution in [0.3, 0.4) is 0 Å². The second kappa shape index (κ2) is 7.47. The first kappa shape index (κ1) is 15.1. The molecule has 3 heteroatoms. The average Bonchev–Trinajstić information content (AvgIpc) is 2.29. The highest BCUT2D eigenvalue weighted by atomic mass is 19.1. The zero-order valence-corrected chi connectivity index (χ0v) is 11.5. The van der Waals surface area contributed by atoms with E-state index in [9.17, 15) is 8.78 Å². The molecule has 1 nitrogen and oxygen atoms in total. The smallest absolute Gasteiger partial charge is 0.129 e. The Morgan fingerprint density at radius 3 is 2.50 bits per heavy atom. The average molecular weight is 255 g/mol. The second-order valence-electron chi connectivity index (χ2n) is 5.24. The van der Waals surface area contributed by atoms with E-state index in [1.165, 1.54) is 6.07 Å². The number of benzene rings is 1. The first-order valence-corrected chi connectivity index (χ1v) is 6.67. The lowest BCUT2D eigenvalue weighted by Crippen LogP contribution is -2.25. The maximum absolute atomic E-state index is 13.6. The topological polar surface area (TPSA) is 12.0 Å².